The second-order valence-corrected chi connectivity index (χ2v) is 2.87. The van der Waals surface area contributed by atoms with Gasteiger partial charge in [0.1, 0.15) is 0 Å². The van der Waals surface area contributed by atoms with Crippen LogP contribution in [0.2, 0.25) is 0 Å². The van der Waals surface area contributed by atoms with Crippen LogP contribution in [0.5, 0.6) is 0 Å². The van der Waals surface area contributed by atoms with Gasteiger partial charge in [0.15, 0.2) is 5.60 Å². The Balaban J connectivity index is 2.76. The van der Waals surface area contributed by atoms with Gasteiger partial charge in [-0.1, -0.05) is 12.8 Å². The molecule has 2 heteroatoms. The van der Waals surface area contributed by atoms with Gasteiger partial charge in [-0.05, 0) is 6.92 Å². The zero-order valence-electron chi connectivity index (χ0n) is 6.29. The van der Waals surface area contributed by atoms with E-state index in [1.807, 2.05) is 13.8 Å². The molecule has 3 unspecified atom stereocenters. The van der Waals surface area contributed by atoms with E-state index in [0.29, 0.717) is 0 Å². The predicted octanol–water partition coefficient (Wildman–Crippen LogP) is 0.405. The summed E-state index contributed by atoms with van der Waals surface area (Å²) in [6, 6.07) is 0. The molecule has 56 valence electrons. The van der Waals surface area contributed by atoms with Crippen molar-refractivity contribution >= 4 is 0 Å². The normalized spacial score (nSPS) is 47.0. The molecule has 1 rings (SSSR count). The van der Waals surface area contributed by atoms with Gasteiger partial charge < -0.3 is 9.84 Å². The Labute approximate surface area is 61.2 Å². The first-order valence-corrected chi connectivity index (χ1v) is 3.42. The maximum absolute atomic E-state index is 9.58. The molecular formula is C8H12O2. The number of hydrogen-bond acceptors (Lipinski definition) is 2. The molecule has 0 aromatic heterocycles. The minimum atomic E-state index is -1.03. The van der Waals surface area contributed by atoms with Crippen molar-refractivity contribution in [2.24, 2.45) is 5.92 Å². The van der Waals surface area contributed by atoms with Crippen molar-refractivity contribution in [3.05, 3.63) is 0 Å². The smallest absolute Gasteiger partial charge is 0.153 e. The van der Waals surface area contributed by atoms with E-state index in [1.54, 1.807) is 0 Å². The van der Waals surface area contributed by atoms with Crippen LogP contribution in [-0.4, -0.2) is 23.4 Å². The molecule has 0 bridgehead atoms. The SMILES string of the molecule is C#CC1(O)COC(C)C1C. The number of ether oxygens (including phenoxy) is 1. The van der Waals surface area contributed by atoms with Crippen molar-refractivity contribution in [2.45, 2.75) is 25.6 Å². The quantitative estimate of drug-likeness (QED) is 0.494. The molecular weight excluding hydrogens is 128 g/mol. The summed E-state index contributed by atoms with van der Waals surface area (Å²) in [5.41, 5.74) is -1.03. The summed E-state index contributed by atoms with van der Waals surface area (Å²) < 4.78 is 5.18. The van der Waals surface area contributed by atoms with Crippen LogP contribution in [0.15, 0.2) is 0 Å². The lowest BCUT2D eigenvalue weighted by molar-refractivity contribution is 0.0579. The van der Waals surface area contributed by atoms with Gasteiger partial charge in [-0.2, -0.15) is 0 Å². The lowest BCUT2D eigenvalue weighted by atomic mass is 9.90. The molecule has 1 aliphatic heterocycles. The van der Waals surface area contributed by atoms with Crippen molar-refractivity contribution in [1.29, 1.82) is 0 Å². The molecule has 3 atom stereocenters. The van der Waals surface area contributed by atoms with E-state index in [9.17, 15) is 5.11 Å². The molecule has 1 heterocycles. The molecule has 0 aromatic carbocycles. The van der Waals surface area contributed by atoms with Gasteiger partial charge in [0.05, 0.1) is 12.7 Å². The third-order valence-corrected chi connectivity index (χ3v) is 2.27. The minimum Gasteiger partial charge on any atom is -0.375 e. The highest BCUT2D eigenvalue weighted by atomic mass is 16.5. The lowest BCUT2D eigenvalue weighted by Crippen LogP contribution is -2.34. The largest absolute Gasteiger partial charge is 0.375 e. The Morgan fingerprint density at radius 1 is 1.70 bits per heavy atom. The topological polar surface area (TPSA) is 29.5 Å². The predicted molar refractivity (Wildman–Crippen MR) is 38.4 cm³/mol. The van der Waals surface area contributed by atoms with Crippen LogP contribution < -0.4 is 0 Å². The molecule has 10 heavy (non-hydrogen) atoms. The molecule has 1 N–H and O–H groups in total. The summed E-state index contributed by atoms with van der Waals surface area (Å²) in [4.78, 5) is 0. The van der Waals surface area contributed by atoms with E-state index >= 15 is 0 Å². The first-order valence-electron chi connectivity index (χ1n) is 3.42. The van der Waals surface area contributed by atoms with E-state index in [-0.39, 0.29) is 18.6 Å². The molecule has 0 spiro atoms. The number of terminal acetylenes is 1. The van der Waals surface area contributed by atoms with Gasteiger partial charge in [0.2, 0.25) is 0 Å². The first-order chi connectivity index (χ1) is 4.60. The highest BCUT2D eigenvalue weighted by molar-refractivity contribution is 5.13. The van der Waals surface area contributed by atoms with Crippen LogP contribution in [0.3, 0.4) is 0 Å². The summed E-state index contributed by atoms with van der Waals surface area (Å²) in [7, 11) is 0. The summed E-state index contributed by atoms with van der Waals surface area (Å²) >= 11 is 0. The van der Waals surface area contributed by atoms with Gasteiger partial charge >= 0.3 is 0 Å². The zero-order chi connectivity index (χ0) is 7.78. The molecule has 0 aromatic rings. The van der Waals surface area contributed by atoms with E-state index in [2.05, 4.69) is 5.92 Å². The third kappa shape index (κ3) is 0.920. The fourth-order valence-electron chi connectivity index (χ4n) is 1.10. The van der Waals surface area contributed by atoms with Crippen molar-refractivity contribution < 1.29 is 9.84 Å². The van der Waals surface area contributed by atoms with Crippen LogP contribution in [-0.2, 0) is 4.74 Å². The van der Waals surface area contributed by atoms with Crippen LogP contribution in [0.1, 0.15) is 13.8 Å². The molecule has 0 aliphatic carbocycles. The molecule has 1 aliphatic rings. The van der Waals surface area contributed by atoms with E-state index in [0.717, 1.165) is 0 Å². The lowest BCUT2D eigenvalue weighted by Gasteiger charge is -2.19. The molecule has 0 saturated carbocycles. The van der Waals surface area contributed by atoms with Gasteiger partial charge in [0.25, 0.3) is 0 Å². The second kappa shape index (κ2) is 2.26. The Bertz CT molecular complexity index is 171. The maximum atomic E-state index is 9.58. The van der Waals surface area contributed by atoms with Gasteiger partial charge in [-0.3, -0.25) is 0 Å². The fourth-order valence-corrected chi connectivity index (χ4v) is 1.10. The zero-order valence-corrected chi connectivity index (χ0v) is 6.29. The Morgan fingerprint density at radius 2 is 2.30 bits per heavy atom. The number of aliphatic hydroxyl groups is 1. The Kier molecular flexibility index (Phi) is 1.72. The number of rotatable bonds is 0. The minimum absolute atomic E-state index is 0.0394. The van der Waals surface area contributed by atoms with Gasteiger partial charge in [0, 0.05) is 5.92 Å². The van der Waals surface area contributed by atoms with Crippen LogP contribution in [0, 0.1) is 18.3 Å². The Hall–Kier alpha value is -0.520. The van der Waals surface area contributed by atoms with Crippen molar-refractivity contribution in [2.75, 3.05) is 6.61 Å². The van der Waals surface area contributed by atoms with Crippen molar-refractivity contribution in [1.82, 2.24) is 0 Å². The molecule has 1 saturated heterocycles. The monoisotopic (exact) mass is 140 g/mol. The Morgan fingerprint density at radius 3 is 2.50 bits per heavy atom. The summed E-state index contributed by atoms with van der Waals surface area (Å²) in [6.07, 6.45) is 5.21. The fraction of sp³-hybridized carbons (Fsp3) is 0.750. The maximum Gasteiger partial charge on any atom is 0.153 e. The third-order valence-electron chi connectivity index (χ3n) is 2.27. The van der Waals surface area contributed by atoms with Crippen LogP contribution in [0.25, 0.3) is 0 Å². The van der Waals surface area contributed by atoms with Crippen molar-refractivity contribution in [3.63, 3.8) is 0 Å². The summed E-state index contributed by atoms with van der Waals surface area (Å²) in [6.45, 7) is 4.09. The van der Waals surface area contributed by atoms with Crippen molar-refractivity contribution in [3.8, 4) is 12.3 Å². The second-order valence-electron chi connectivity index (χ2n) is 2.87. The first kappa shape index (κ1) is 7.59. The van der Waals surface area contributed by atoms with E-state index in [1.165, 1.54) is 0 Å². The molecule has 2 nitrogen and oxygen atoms in total. The standard InChI is InChI=1S/C8H12O2/c1-4-8(9)5-10-7(3)6(8)2/h1,6-7,9H,5H2,2-3H3. The highest BCUT2D eigenvalue weighted by Crippen LogP contribution is 2.29. The van der Waals surface area contributed by atoms with E-state index in [4.69, 9.17) is 11.2 Å². The van der Waals surface area contributed by atoms with Crippen LogP contribution >= 0.6 is 0 Å². The van der Waals surface area contributed by atoms with E-state index < -0.39 is 5.60 Å². The van der Waals surface area contributed by atoms with Gasteiger partial charge in [-0.25, -0.2) is 0 Å². The molecule has 0 radical (unpaired) electrons. The molecule has 1 fully saturated rings. The summed E-state index contributed by atoms with van der Waals surface area (Å²) in [5.74, 6) is 2.39. The highest BCUT2D eigenvalue weighted by Gasteiger charge is 2.42. The molecule has 0 amide bonds. The average molecular weight is 140 g/mol. The van der Waals surface area contributed by atoms with Crippen LogP contribution in [0.4, 0.5) is 0 Å². The average Bonchev–Trinajstić information content (AvgIpc) is 2.19. The summed E-state index contributed by atoms with van der Waals surface area (Å²) in [5, 5.41) is 9.58. The van der Waals surface area contributed by atoms with Gasteiger partial charge in [-0.15, -0.1) is 6.42 Å². The number of hydrogen-bond donors (Lipinski definition) is 1.